The molecule has 5 rings (SSSR count). The van der Waals surface area contributed by atoms with Crippen molar-refractivity contribution in [3.63, 3.8) is 0 Å². The molecular weight excluding hydrogens is 410 g/mol. The van der Waals surface area contributed by atoms with Crippen LogP contribution in [0.25, 0.3) is 0 Å². The smallest absolute Gasteiger partial charge is 0.293 e. The van der Waals surface area contributed by atoms with Crippen LogP contribution in [-0.2, 0) is 9.59 Å². The van der Waals surface area contributed by atoms with Crippen molar-refractivity contribution in [2.75, 3.05) is 21.0 Å². The first kappa shape index (κ1) is 19.2. The molecule has 2 aliphatic rings. The minimum atomic E-state index is -1.08. The molecule has 2 aliphatic heterocycles. The van der Waals surface area contributed by atoms with Crippen LogP contribution in [-0.4, -0.2) is 28.5 Å². The van der Waals surface area contributed by atoms with Gasteiger partial charge in [-0.25, -0.2) is 5.01 Å². The highest BCUT2D eigenvalue weighted by atomic mass is 32.2. The molecule has 0 aliphatic carbocycles. The number of hydrogen-bond acceptors (Lipinski definition) is 6. The molecule has 8 heteroatoms. The van der Waals surface area contributed by atoms with Gasteiger partial charge in [-0.05, 0) is 36.4 Å². The van der Waals surface area contributed by atoms with Crippen LogP contribution in [0, 0.1) is 0 Å². The van der Waals surface area contributed by atoms with E-state index in [0.717, 1.165) is 11.4 Å². The van der Waals surface area contributed by atoms with Crippen LogP contribution in [0.4, 0.5) is 17.1 Å². The maximum absolute atomic E-state index is 13.4. The average Bonchev–Trinajstić information content (AvgIpc) is 3.36. The largest absolute Gasteiger partial charge is 0.319 e. The monoisotopic (exact) mass is 429 g/mol. The molecule has 0 aromatic heterocycles. The Hall–Kier alpha value is -3.78. The number of nitrogens with one attached hydrogen (secondary N) is 2. The highest BCUT2D eigenvalue weighted by Crippen LogP contribution is 2.44. The molecular formula is C23H19N5O2S. The standard InChI is InChI=1S/C23H19N5O2S/c29-20-16-31-23(25-20)27(18-12-6-2-7-13-18)21(22(30)24-17-10-4-1-5-11-17)26-28(23)19-14-8-3-9-15-19/h1-15H,16H2,(H,24,30)(H,25,29). The summed E-state index contributed by atoms with van der Waals surface area (Å²) in [5.74, 6) is -0.0366. The van der Waals surface area contributed by atoms with Crippen LogP contribution in [0.5, 0.6) is 0 Å². The average molecular weight is 430 g/mol. The number of anilines is 3. The SMILES string of the molecule is O=C1CSC2(N1)N(c1ccccc1)N=C(C(=O)Nc1ccccc1)N2c1ccccc1. The van der Waals surface area contributed by atoms with Crippen molar-refractivity contribution in [1.82, 2.24) is 5.32 Å². The lowest BCUT2D eigenvalue weighted by atomic mass is 10.2. The van der Waals surface area contributed by atoms with Gasteiger partial charge in [0.25, 0.3) is 11.0 Å². The number of rotatable bonds is 4. The Kier molecular flexibility index (Phi) is 4.83. The van der Waals surface area contributed by atoms with Crippen molar-refractivity contribution in [1.29, 1.82) is 0 Å². The summed E-state index contributed by atoms with van der Waals surface area (Å²) in [7, 11) is 0. The topological polar surface area (TPSA) is 77.0 Å². The zero-order chi connectivity index (χ0) is 21.3. The van der Waals surface area contributed by atoms with Crippen LogP contribution in [0.15, 0.2) is 96.1 Å². The summed E-state index contributed by atoms with van der Waals surface area (Å²) in [6, 6.07) is 28.2. The van der Waals surface area contributed by atoms with Gasteiger partial charge in [0, 0.05) is 11.4 Å². The summed E-state index contributed by atoms with van der Waals surface area (Å²) in [4.78, 5) is 27.5. The molecule has 7 nitrogen and oxygen atoms in total. The van der Waals surface area contributed by atoms with Gasteiger partial charge in [0.1, 0.15) is 0 Å². The van der Waals surface area contributed by atoms with E-state index in [-0.39, 0.29) is 23.4 Å². The fraction of sp³-hybridized carbons (Fsp3) is 0.0870. The van der Waals surface area contributed by atoms with Crippen LogP contribution in [0.1, 0.15) is 0 Å². The molecule has 1 fully saturated rings. The maximum atomic E-state index is 13.4. The Morgan fingerprint density at radius 3 is 2.06 bits per heavy atom. The summed E-state index contributed by atoms with van der Waals surface area (Å²) in [5.41, 5.74) is 2.18. The molecule has 1 spiro atoms. The van der Waals surface area contributed by atoms with Crippen LogP contribution in [0.3, 0.4) is 0 Å². The fourth-order valence-electron chi connectivity index (χ4n) is 3.63. The van der Waals surface area contributed by atoms with Crippen molar-refractivity contribution in [3.8, 4) is 0 Å². The van der Waals surface area contributed by atoms with E-state index in [0.29, 0.717) is 5.69 Å². The van der Waals surface area contributed by atoms with Crippen molar-refractivity contribution in [2.45, 2.75) is 5.12 Å². The first-order valence-corrected chi connectivity index (χ1v) is 10.8. The molecule has 2 heterocycles. The lowest BCUT2D eigenvalue weighted by Crippen LogP contribution is -2.62. The molecule has 1 unspecified atom stereocenters. The van der Waals surface area contributed by atoms with E-state index in [1.807, 2.05) is 91.0 Å². The number of carbonyl (C=O) groups excluding carboxylic acids is 2. The Balaban J connectivity index is 1.63. The van der Waals surface area contributed by atoms with Gasteiger partial charge in [0.15, 0.2) is 0 Å². The molecule has 2 N–H and O–H groups in total. The fourth-order valence-corrected chi connectivity index (χ4v) is 4.81. The van der Waals surface area contributed by atoms with E-state index in [2.05, 4.69) is 10.6 Å². The normalized spacial score (nSPS) is 20.0. The number of benzene rings is 3. The number of thioether (sulfide) groups is 1. The molecule has 2 amide bonds. The van der Waals surface area contributed by atoms with E-state index in [1.165, 1.54) is 11.8 Å². The van der Waals surface area contributed by atoms with Crippen molar-refractivity contribution in [2.24, 2.45) is 5.10 Å². The van der Waals surface area contributed by atoms with Gasteiger partial charge < -0.3 is 10.6 Å². The second kappa shape index (κ2) is 7.81. The molecule has 31 heavy (non-hydrogen) atoms. The summed E-state index contributed by atoms with van der Waals surface area (Å²) in [5, 5.41) is 11.3. The molecule has 3 aromatic carbocycles. The summed E-state index contributed by atoms with van der Waals surface area (Å²) in [6.45, 7) is 0. The summed E-state index contributed by atoms with van der Waals surface area (Å²) < 4.78 is 0. The van der Waals surface area contributed by atoms with Gasteiger partial charge >= 0.3 is 0 Å². The molecule has 3 aromatic rings. The quantitative estimate of drug-likeness (QED) is 0.664. The van der Waals surface area contributed by atoms with Crippen molar-refractivity contribution >= 4 is 46.5 Å². The number of amides is 2. The molecule has 1 saturated heterocycles. The predicted molar refractivity (Wildman–Crippen MR) is 124 cm³/mol. The van der Waals surface area contributed by atoms with Gasteiger partial charge in [-0.2, -0.15) is 0 Å². The second-order valence-corrected chi connectivity index (χ2v) is 8.15. The minimum Gasteiger partial charge on any atom is -0.319 e. The predicted octanol–water partition coefficient (Wildman–Crippen LogP) is 3.44. The number of amidine groups is 1. The zero-order valence-corrected chi connectivity index (χ0v) is 17.3. The molecule has 0 radical (unpaired) electrons. The van der Waals surface area contributed by atoms with E-state index < -0.39 is 5.12 Å². The Labute approximate surface area is 183 Å². The van der Waals surface area contributed by atoms with Crippen molar-refractivity contribution in [3.05, 3.63) is 91.0 Å². The third kappa shape index (κ3) is 3.40. The number of carbonyl (C=O) groups is 2. The van der Waals surface area contributed by atoms with E-state index >= 15 is 0 Å². The highest BCUT2D eigenvalue weighted by Gasteiger charge is 2.57. The third-order valence-electron chi connectivity index (χ3n) is 4.95. The number of para-hydroxylation sites is 3. The Morgan fingerprint density at radius 2 is 1.48 bits per heavy atom. The summed E-state index contributed by atoms with van der Waals surface area (Å²) in [6.07, 6.45) is 0. The first-order valence-electron chi connectivity index (χ1n) is 9.78. The van der Waals surface area contributed by atoms with Crippen LogP contribution in [0.2, 0.25) is 0 Å². The van der Waals surface area contributed by atoms with Gasteiger partial charge in [0.2, 0.25) is 11.7 Å². The minimum absolute atomic E-state index is 0.119. The van der Waals surface area contributed by atoms with Crippen LogP contribution >= 0.6 is 11.8 Å². The van der Waals surface area contributed by atoms with Gasteiger partial charge in [-0.1, -0.05) is 66.4 Å². The van der Waals surface area contributed by atoms with Gasteiger partial charge in [-0.15, -0.1) is 5.10 Å². The molecule has 0 bridgehead atoms. The number of hydrazone groups is 1. The van der Waals surface area contributed by atoms with Gasteiger partial charge in [-0.3, -0.25) is 14.5 Å². The van der Waals surface area contributed by atoms with E-state index in [4.69, 9.17) is 5.10 Å². The molecule has 1 atom stereocenters. The van der Waals surface area contributed by atoms with Crippen LogP contribution < -0.4 is 20.5 Å². The highest BCUT2D eigenvalue weighted by molar-refractivity contribution is 8.02. The molecule has 0 saturated carbocycles. The first-order chi connectivity index (χ1) is 15.2. The second-order valence-electron chi connectivity index (χ2n) is 7.01. The Bertz CT molecular complexity index is 1140. The number of hydrogen-bond donors (Lipinski definition) is 2. The van der Waals surface area contributed by atoms with Crippen molar-refractivity contribution < 1.29 is 9.59 Å². The Morgan fingerprint density at radius 1 is 0.903 bits per heavy atom. The zero-order valence-electron chi connectivity index (χ0n) is 16.4. The number of nitrogens with zero attached hydrogens (tertiary/aromatic N) is 3. The van der Waals surface area contributed by atoms with E-state index in [9.17, 15) is 9.59 Å². The molecule has 154 valence electrons. The third-order valence-corrected chi connectivity index (χ3v) is 6.22. The summed E-state index contributed by atoms with van der Waals surface area (Å²) >= 11 is 1.39. The van der Waals surface area contributed by atoms with Gasteiger partial charge in [0.05, 0.1) is 11.4 Å². The lowest BCUT2D eigenvalue weighted by molar-refractivity contribution is -0.118. The van der Waals surface area contributed by atoms with E-state index in [1.54, 1.807) is 9.91 Å². The lowest BCUT2D eigenvalue weighted by Gasteiger charge is -2.39. The maximum Gasteiger partial charge on any atom is 0.293 e.